The Kier molecular flexibility index (Phi) is 3.74. The lowest BCUT2D eigenvalue weighted by atomic mass is 9.45. The van der Waals surface area contributed by atoms with Crippen LogP contribution in [-0.4, -0.2) is 22.3 Å². The number of fused-ring (bicyclic) bond motifs is 5. The third-order valence-corrected chi connectivity index (χ3v) is 9.13. The van der Waals surface area contributed by atoms with Crippen LogP contribution in [0.25, 0.3) is 0 Å². The Morgan fingerprint density at radius 1 is 1.15 bits per heavy atom. The van der Waals surface area contributed by atoms with Crippen molar-refractivity contribution in [3.8, 4) is 0 Å². The van der Waals surface area contributed by atoms with Gasteiger partial charge in [0.05, 0.1) is 5.41 Å². The second kappa shape index (κ2) is 5.46. The van der Waals surface area contributed by atoms with Crippen LogP contribution in [0.5, 0.6) is 0 Å². The lowest BCUT2D eigenvalue weighted by molar-refractivity contribution is -0.131. The highest BCUT2D eigenvalue weighted by atomic mass is 16.3. The van der Waals surface area contributed by atoms with Gasteiger partial charge in [0.25, 0.3) is 0 Å². The van der Waals surface area contributed by atoms with Crippen LogP contribution in [0.1, 0.15) is 65.7 Å². The monoisotopic (exact) mass is 358 g/mol. The van der Waals surface area contributed by atoms with Gasteiger partial charge in [-0.05, 0) is 81.1 Å². The van der Waals surface area contributed by atoms with E-state index in [4.69, 9.17) is 0 Å². The molecule has 0 unspecified atom stereocenters. The highest BCUT2D eigenvalue weighted by Gasteiger charge is 2.64. The Morgan fingerprint density at radius 2 is 1.85 bits per heavy atom. The second-order valence-electron chi connectivity index (χ2n) is 9.47. The number of aliphatic hydroxyl groups excluding tert-OH is 2. The average molecular weight is 358 g/mol. The Balaban J connectivity index is 1.76. The van der Waals surface area contributed by atoms with Gasteiger partial charge in [0.2, 0.25) is 11.5 Å². The molecule has 4 heteroatoms. The third kappa shape index (κ3) is 1.86. The molecule has 4 rings (SSSR count). The van der Waals surface area contributed by atoms with Gasteiger partial charge in [-0.15, -0.1) is 0 Å². The van der Waals surface area contributed by atoms with Gasteiger partial charge in [0, 0.05) is 5.41 Å². The number of hydrogen-bond donors (Lipinski definition) is 2. The molecule has 26 heavy (non-hydrogen) atoms. The summed E-state index contributed by atoms with van der Waals surface area (Å²) in [6, 6.07) is 0. The van der Waals surface area contributed by atoms with Crippen molar-refractivity contribution < 1.29 is 19.8 Å². The Labute approximate surface area is 155 Å². The first-order valence-corrected chi connectivity index (χ1v) is 10.1. The summed E-state index contributed by atoms with van der Waals surface area (Å²) in [5.41, 5.74) is 0.134. The van der Waals surface area contributed by atoms with Gasteiger partial charge < -0.3 is 15.0 Å². The van der Waals surface area contributed by atoms with Crippen molar-refractivity contribution >= 4 is 12.1 Å². The summed E-state index contributed by atoms with van der Waals surface area (Å²) in [6.07, 6.45) is 9.38. The quantitative estimate of drug-likeness (QED) is 0.704. The fraction of sp³-hybridized carbons (Fsp3) is 0.727. The minimum atomic E-state index is -0.638. The van der Waals surface area contributed by atoms with E-state index in [2.05, 4.69) is 13.8 Å². The molecule has 0 aromatic carbocycles. The minimum Gasteiger partial charge on any atom is -0.507 e. The molecule has 4 aliphatic rings. The van der Waals surface area contributed by atoms with Crippen LogP contribution in [0.3, 0.4) is 0 Å². The van der Waals surface area contributed by atoms with Crippen molar-refractivity contribution in [2.45, 2.75) is 65.7 Å². The normalized spacial score (nSPS) is 47.7. The lowest BCUT2D eigenvalue weighted by Gasteiger charge is -2.58. The number of ketones is 1. The van der Waals surface area contributed by atoms with Gasteiger partial charge in [-0.1, -0.05) is 19.4 Å². The number of aliphatic hydroxyl groups is 2. The first-order chi connectivity index (χ1) is 12.2. The summed E-state index contributed by atoms with van der Waals surface area (Å²) < 4.78 is 0. The van der Waals surface area contributed by atoms with E-state index in [-0.39, 0.29) is 22.5 Å². The molecule has 0 bridgehead atoms. The van der Waals surface area contributed by atoms with Crippen molar-refractivity contribution in [1.82, 2.24) is 0 Å². The van der Waals surface area contributed by atoms with E-state index in [0.29, 0.717) is 11.8 Å². The zero-order valence-electron chi connectivity index (χ0n) is 16.0. The standard InChI is InChI=1S/C22H30O4/c1-4-22(12-23)10-8-15-14-6-5-13-11-17(24)18(25)19(26)21(13,3)16(14)7-9-20(15,22)2/h11-12,14-16,25-26H,4-10H2,1-3H3/t14-,15-,16-,20-,21-,22+/m0/s1. The number of carbonyl (C=O) groups excluding carboxylic acids is 2. The summed E-state index contributed by atoms with van der Waals surface area (Å²) in [4.78, 5) is 24.1. The predicted molar refractivity (Wildman–Crippen MR) is 98.5 cm³/mol. The minimum absolute atomic E-state index is 0.0219. The van der Waals surface area contributed by atoms with E-state index in [1.165, 1.54) is 6.29 Å². The summed E-state index contributed by atoms with van der Waals surface area (Å²) in [5.74, 6) is 0.0293. The second-order valence-corrected chi connectivity index (χ2v) is 9.47. The first kappa shape index (κ1) is 17.8. The fourth-order valence-corrected chi connectivity index (χ4v) is 7.39. The molecule has 142 valence electrons. The van der Waals surface area contributed by atoms with E-state index in [1.54, 1.807) is 6.08 Å². The zero-order chi connectivity index (χ0) is 18.9. The molecule has 0 radical (unpaired) electrons. The SMILES string of the molecule is CC[C@]1(C=O)CC[C@H]2[C@@H]3CCC4=CC(=O)C(O)=C(O)[C@]4(C)[C@H]3CC[C@@]21C. The largest absolute Gasteiger partial charge is 0.507 e. The van der Waals surface area contributed by atoms with E-state index in [9.17, 15) is 19.8 Å². The molecule has 4 nitrogen and oxygen atoms in total. The van der Waals surface area contributed by atoms with Crippen LogP contribution >= 0.6 is 0 Å². The number of hydrogen-bond acceptors (Lipinski definition) is 4. The van der Waals surface area contributed by atoms with Crippen molar-refractivity contribution in [2.75, 3.05) is 0 Å². The summed E-state index contributed by atoms with van der Waals surface area (Å²) in [5, 5.41) is 20.9. The Morgan fingerprint density at radius 3 is 2.50 bits per heavy atom. The highest BCUT2D eigenvalue weighted by molar-refractivity contribution is 6.04. The van der Waals surface area contributed by atoms with Crippen molar-refractivity contribution in [1.29, 1.82) is 0 Å². The molecule has 3 saturated carbocycles. The number of aldehydes is 1. The van der Waals surface area contributed by atoms with Crippen LogP contribution in [0.4, 0.5) is 0 Å². The Bertz CT molecular complexity index is 734. The molecule has 2 N–H and O–H groups in total. The molecule has 3 fully saturated rings. The molecule has 0 aliphatic heterocycles. The maximum atomic E-state index is 12.1. The molecular formula is C22H30O4. The van der Waals surface area contributed by atoms with Crippen LogP contribution in [0.2, 0.25) is 0 Å². The number of allylic oxidation sites excluding steroid dienone is 2. The molecule has 0 heterocycles. The molecule has 0 aromatic heterocycles. The average Bonchev–Trinajstić information content (AvgIpc) is 2.94. The Hall–Kier alpha value is -1.58. The molecule has 0 amide bonds. The maximum absolute atomic E-state index is 12.1. The lowest BCUT2D eigenvalue weighted by Crippen LogP contribution is -2.53. The van der Waals surface area contributed by atoms with Gasteiger partial charge in [-0.3, -0.25) is 4.79 Å². The molecule has 0 saturated heterocycles. The first-order valence-electron chi connectivity index (χ1n) is 10.1. The topological polar surface area (TPSA) is 74.6 Å². The molecule has 4 aliphatic carbocycles. The van der Waals surface area contributed by atoms with Crippen LogP contribution in [0.15, 0.2) is 23.2 Å². The van der Waals surface area contributed by atoms with E-state index in [0.717, 1.165) is 50.5 Å². The van der Waals surface area contributed by atoms with Gasteiger partial charge in [-0.25, -0.2) is 0 Å². The van der Waals surface area contributed by atoms with E-state index < -0.39 is 17.0 Å². The van der Waals surface area contributed by atoms with Crippen molar-refractivity contribution in [3.63, 3.8) is 0 Å². The highest BCUT2D eigenvalue weighted by Crippen LogP contribution is 2.70. The predicted octanol–water partition coefficient (Wildman–Crippen LogP) is 4.66. The van der Waals surface area contributed by atoms with Gasteiger partial charge in [0.1, 0.15) is 12.0 Å². The summed E-state index contributed by atoms with van der Waals surface area (Å²) in [7, 11) is 0. The molecule has 6 atom stereocenters. The van der Waals surface area contributed by atoms with E-state index >= 15 is 0 Å². The molecular weight excluding hydrogens is 328 g/mol. The number of rotatable bonds is 2. The van der Waals surface area contributed by atoms with Gasteiger partial charge in [0.15, 0.2) is 0 Å². The third-order valence-electron chi connectivity index (χ3n) is 9.13. The summed E-state index contributed by atoms with van der Waals surface area (Å²) >= 11 is 0. The van der Waals surface area contributed by atoms with Crippen LogP contribution < -0.4 is 0 Å². The van der Waals surface area contributed by atoms with Crippen LogP contribution in [-0.2, 0) is 9.59 Å². The smallest absolute Gasteiger partial charge is 0.223 e. The number of carbonyl (C=O) groups is 2. The van der Waals surface area contributed by atoms with Crippen molar-refractivity contribution in [2.24, 2.45) is 34.0 Å². The van der Waals surface area contributed by atoms with Crippen molar-refractivity contribution in [3.05, 3.63) is 23.2 Å². The van der Waals surface area contributed by atoms with E-state index in [1.807, 2.05) is 6.92 Å². The molecule has 0 aromatic rings. The fourth-order valence-electron chi connectivity index (χ4n) is 7.39. The molecule has 0 spiro atoms. The van der Waals surface area contributed by atoms with Gasteiger partial charge in [-0.2, -0.15) is 0 Å². The van der Waals surface area contributed by atoms with Crippen LogP contribution in [0, 0.1) is 34.0 Å². The maximum Gasteiger partial charge on any atom is 0.223 e. The summed E-state index contributed by atoms with van der Waals surface area (Å²) in [6.45, 7) is 6.44. The van der Waals surface area contributed by atoms with Gasteiger partial charge >= 0.3 is 0 Å². The zero-order valence-corrected chi connectivity index (χ0v) is 16.0.